The number of rotatable bonds is 4. The van der Waals surface area contributed by atoms with Crippen LogP contribution in [0.1, 0.15) is 19.8 Å². The minimum atomic E-state index is 1.19. The first kappa shape index (κ1) is 8.05. The monoisotopic (exact) mass is 131 g/mol. The normalized spacial score (nSPS) is 10.8. The Bertz CT molecular complexity index is 53.5. The Morgan fingerprint density at radius 1 is 1.62 bits per heavy atom. The minimum absolute atomic E-state index is 1.19. The molecular formula is C6H13NS. The predicted molar refractivity (Wildman–Crippen MR) is 40.7 cm³/mol. The van der Waals surface area contributed by atoms with Crippen molar-refractivity contribution in [3.8, 4) is 0 Å². The molecule has 0 aromatic heterocycles. The van der Waals surface area contributed by atoms with E-state index in [1.54, 1.807) is 11.9 Å². The molecule has 0 saturated heterocycles. The summed E-state index contributed by atoms with van der Waals surface area (Å²) in [4.78, 5) is 0. The summed E-state index contributed by atoms with van der Waals surface area (Å²) in [5.74, 6) is 0. The van der Waals surface area contributed by atoms with Crippen molar-refractivity contribution >= 4 is 11.9 Å². The first-order valence-corrected chi connectivity index (χ1v) is 3.77. The van der Waals surface area contributed by atoms with Gasteiger partial charge in [-0.15, -0.1) is 0 Å². The summed E-state index contributed by atoms with van der Waals surface area (Å²) in [5, 5.41) is 2.07. The third kappa shape index (κ3) is 6.05. The molecule has 48 valence electrons. The molecule has 0 aromatic carbocycles. The molecule has 0 spiro atoms. The highest BCUT2D eigenvalue weighted by Crippen LogP contribution is 1.96. The van der Waals surface area contributed by atoms with Crippen LogP contribution in [-0.4, -0.2) is 7.05 Å². The third-order valence-corrected chi connectivity index (χ3v) is 1.30. The molecule has 0 atom stereocenters. The van der Waals surface area contributed by atoms with Crippen LogP contribution in [0.2, 0.25) is 0 Å². The van der Waals surface area contributed by atoms with E-state index in [1.165, 1.54) is 12.8 Å². The molecule has 1 N–H and O–H groups in total. The summed E-state index contributed by atoms with van der Waals surface area (Å²) in [6.45, 7) is 2.17. The van der Waals surface area contributed by atoms with Crippen molar-refractivity contribution in [3.05, 3.63) is 11.5 Å². The molecule has 0 rings (SSSR count). The fourth-order valence-electron chi connectivity index (χ4n) is 0.351. The Balaban J connectivity index is 2.83. The van der Waals surface area contributed by atoms with Crippen LogP contribution in [-0.2, 0) is 0 Å². The van der Waals surface area contributed by atoms with Crippen molar-refractivity contribution in [3.63, 3.8) is 0 Å². The summed E-state index contributed by atoms with van der Waals surface area (Å²) in [6, 6.07) is 0. The van der Waals surface area contributed by atoms with Gasteiger partial charge in [0, 0.05) is 0 Å². The molecule has 0 unspecified atom stereocenters. The van der Waals surface area contributed by atoms with Crippen LogP contribution in [0, 0.1) is 0 Å². The highest BCUT2D eigenvalue weighted by Gasteiger charge is 1.71. The molecule has 0 heterocycles. The van der Waals surface area contributed by atoms with E-state index in [4.69, 9.17) is 0 Å². The number of unbranched alkanes of at least 4 members (excludes halogenated alkanes) is 1. The fourth-order valence-corrected chi connectivity index (χ4v) is 0.719. The van der Waals surface area contributed by atoms with Gasteiger partial charge in [-0.05, 0) is 18.9 Å². The van der Waals surface area contributed by atoms with Crippen molar-refractivity contribution in [1.29, 1.82) is 0 Å². The molecule has 0 radical (unpaired) electrons. The van der Waals surface area contributed by atoms with Crippen LogP contribution in [0.25, 0.3) is 0 Å². The lowest BCUT2D eigenvalue weighted by Gasteiger charge is -1.85. The van der Waals surface area contributed by atoms with Gasteiger partial charge in [-0.3, -0.25) is 4.72 Å². The molecule has 0 aromatic rings. The predicted octanol–water partition coefficient (Wildman–Crippen LogP) is 2.17. The second-order valence-electron chi connectivity index (χ2n) is 1.48. The fraction of sp³-hybridized carbons (Fsp3) is 0.667. The van der Waals surface area contributed by atoms with E-state index in [2.05, 4.69) is 23.1 Å². The molecule has 0 aliphatic rings. The molecular weight excluding hydrogens is 118 g/mol. The van der Waals surface area contributed by atoms with Gasteiger partial charge in [-0.25, -0.2) is 0 Å². The maximum absolute atomic E-state index is 2.96. The molecule has 2 heteroatoms. The summed E-state index contributed by atoms with van der Waals surface area (Å²) in [7, 11) is 1.92. The number of nitrogens with one attached hydrogen (secondary N) is 1. The topological polar surface area (TPSA) is 12.0 Å². The molecule has 0 saturated carbocycles. The zero-order chi connectivity index (χ0) is 6.24. The van der Waals surface area contributed by atoms with Gasteiger partial charge < -0.3 is 0 Å². The Kier molecular flexibility index (Phi) is 7.09. The van der Waals surface area contributed by atoms with E-state index in [9.17, 15) is 0 Å². The molecule has 0 aliphatic heterocycles. The van der Waals surface area contributed by atoms with Crippen LogP contribution in [0.4, 0.5) is 0 Å². The highest BCUT2D eigenvalue weighted by molar-refractivity contribution is 8.00. The lowest BCUT2D eigenvalue weighted by molar-refractivity contribution is 0.960. The van der Waals surface area contributed by atoms with Gasteiger partial charge in [0.05, 0.1) is 0 Å². The number of allylic oxidation sites excluding steroid dienone is 1. The smallest absolute Gasteiger partial charge is 0.00533 e. The second-order valence-corrected chi connectivity index (χ2v) is 2.40. The van der Waals surface area contributed by atoms with Crippen molar-refractivity contribution < 1.29 is 0 Å². The van der Waals surface area contributed by atoms with Gasteiger partial charge >= 0.3 is 0 Å². The van der Waals surface area contributed by atoms with Crippen molar-refractivity contribution in [2.45, 2.75) is 19.8 Å². The van der Waals surface area contributed by atoms with Gasteiger partial charge in [-0.1, -0.05) is 31.4 Å². The quantitative estimate of drug-likeness (QED) is 0.587. The standard InChI is InChI=1S/C6H13NS/c1-3-4-5-6-8-7-2/h5-7H,3-4H2,1-2H3/b6-5-. The molecule has 0 aliphatic carbocycles. The van der Waals surface area contributed by atoms with Crippen LogP contribution in [0.15, 0.2) is 11.5 Å². The van der Waals surface area contributed by atoms with Gasteiger partial charge in [0.2, 0.25) is 0 Å². The molecule has 0 fully saturated rings. The summed E-state index contributed by atoms with van der Waals surface area (Å²) < 4.78 is 2.96. The van der Waals surface area contributed by atoms with E-state index >= 15 is 0 Å². The third-order valence-electron chi connectivity index (χ3n) is 0.737. The van der Waals surface area contributed by atoms with Gasteiger partial charge in [0.25, 0.3) is 0 Å². The SMILES string of the molecule is CCC/C=C\SNC. The lowest BCUT2D eigenvalue weighted by Crippen LogP contribution is -1.85. The molecule has 8 heavy (non-hydrogen) atoms. The largest absolute Gasteiger partial charge is 0.264 e. The Morgan fingerprint density at radius 3 is 2.88 bits per heavy atom. The Hall–Kier alpha value is 0.0500. The van der Waals surface area contributed by atoms with E-state index in [0.29, 0.717) is 0 Å². The second kappa shape index (κ2) is 7.05. The van der Waals surface area contributed by atoms with E-state index in [0.717, 1.165) is 0 Å². The van der Waals surface area contributed by atoms with Gasteiger partial charge in [0.1, 0.15) is 0 Å². The summed E-state index contributed by atoms with van der Waals surface area (Å²) >= 11 is 1.62. The Morgan fingerprint density at radius 2 is 2.38 bits per heavy atom. The first-order chi connectivity index (χ1) is 3.91. The zero-order valence-electron chi connectivity index (χ0n) is 5.48. The van der Waals surface area contributed by atoms with Gasteiger partial charge in [0.15, 0.2) is 0 Å². The summed E-state index contributed by atoms with van der Waals surface area (Å²) in [5.41, 5.74) is 0. The van der Waals surface area contributed by atoms with Crippen molar-refractivity contribution in [1.82, 2.24) is 4.72 Å². The Labute approximate surface area is 55.7 Å². The van der Waals surface area contributed by atoms with Crippen molar-refractivity contribution in [2.75, 3.05) is 7.05 Å². The van der Waals surface area contributed by atoms with Crippen LogP contribution < -0.4 is 4.72 Å². The first-order valence-electron chi connectivity index (χ1n) is 2.89. The summed E-state index contributed by atoms with van der Waals surface area (Å²) in [6.07, 6.45) is 4.59. The van der Waals surface area contributed by atoms with Crippen LogP contribution in [0.5, 0.6) is 0 Å². The average molecular weight is 131 g/mol. The van der Waals surface area contributed by atoms with E-state index in [1.807, 2.05) is 7.05 Å². The van der Waals surface area contributed by atoms with Gasteiger partial charge in [-0.2, -0.15) is 0 Å². The molecule has 0 amide bonds. The maximum atomic E-state index is 2.96. The van der Waals surface area contributed by atoms with Crippen LogP contribution >= 0.6 is 11.9 Å². The lowest BCUT2D eigenvalue weighted by atomic mass is 10.3. The number of hydrogen-bond donors (Lipinski definition) is 1. The highest BCUT2D eigenvalue weighted by atomic mass is 32.2. The van der Waals surface area contributed by atoms with E-state index in [-0.39, 0.29) is 0 Å². The number of hydrogen-bond acceptors (Lipinski definition) is 2. The minimum Gasteiger partial charge on any atom is -0.264 e. The van der Waals surface area contributed by atoms with Crippen molar-refractivity contribution in [2.24, 2.45) is 0 Å². The zero-order valence-corrected chi connectivity index (χ0v) is 6.29. The maximum Gasteiger partial charge on any atom is -0.00533 e. The van der Waals surface area contributed by atoms with E-state index < -0.39 is 0 Å². The molecule has 0 bridgehead atoms. The van der Waals surface area contributed by atoms with Crippen LogP contribution in [0.3, 0.4) is 0 Å². The average Bonchev–Trinajstić information content (AvgIpc) is 1.81. The molecule has 1 nitrogen and oxygen atoms in total.